The molecule has 2 saturated heterocycles. The van der Waals surface area contributed by atoms with E-state index < -0.39 is 0 Å². The predicted molar refractivity (Wildman–Crippen MR) is 103 cm³/mol. The fourth-order valence-electron chi connectivity index (χ4n) is 4.49. The van der Waals surface area contributed by atoms with Crippen molar-refractivity contribution in [1.82, 2.24) is 29.5 Å². The lowest BCUT2D eigenvalue weighted by atomic mass is 9.70. The highest BCUT2D eigenvalue weighted by molar-refractivity contribution is 5.93. The first-order valence-electron chi connectivity index (χ1n) is 9.71. The van der Waals surface area contributed by atoms with Gasteiger partial charge in [0.15, 0.2) is 0 Å². The highest BCUT2D eigenvalue weighted by atomic mass is 16.4. The number of rotatable bonds is 2. The molecule has 0 bridgehead atoms. The summed E-state index contributed by atoms with van der Waals surface area (Å²) in [4.78, 5) is 33.0. The van der Waals surface area contributed by atoms with Gasteiger partial charge in [-0.2, -0.15) is 0 Å². The molecule has 0 saturated carbocycles. The molecule has 2 aliphatic rings. The van der Waals surface area contributed by atoms with Gasteiger partial charge in [-0.15, -0.1) is 10.2 Å². The van der Waals surface area contributed by atoms with Crippen LogP contribution in [0.1, 0.15) is 48.0 Å². The van der Waals surface area contributed by atoms with Gasteiger partial charge in [-0.3, -0.25) is 9.59 Å². The molecule has 0 radical (unpaired) electrons. The summed E-state index contributed by atoms with van der Waals surface area (Å²) in [6, 6.07) is 0. The van der Waals surface area contributed by atoms with Gasteiger partial charge in [0.1, 0.15) is 5.69 Å². The second-order valence-electron chi connectivity index (χ2n) is 7.82. The third-order valence-electron chi connectivity index (χ3n) is 6.09. The molecule has 1 atom stereocenters. The number of aromatic nitrogens is 4. The second kappa shape index (κ2) is 7.35. The summed E-state index contributed by atoms with van der Waals surface area (Å²) >= 11 is 0. The Labute approximate surface area is 169 Å². The van der Waals surface area contributed by atoms with Crippen LogP contribution in [0.5, 0.6) is 0 Å². The van der Waals surface area contributed by atoms with Crippen LogP contribution in [0.15, 0.2) is 16.9 Å². The second-order valence-corrected chi connectivity index (χ2v) is 7.82. The Kier molecular flexibility index (Phi) is 4.86. The zero-order valence-electron chi connectivity index (χ0n) is 16.9. The molecule has 4 rings (SSSR count). The number of carbonyl (C=O) groups excluding carboxylic acids is 2. The first kappa shape index (κ1) is 19.2. The first-order chi connectivity index (χ1) is 13.9. The van der Waals surface area contributed by atoms with Gasteiger partial charge >= 0.3 is 0 Å². The summed E-state index contributed by atoms with van der Waals surface area (Å²) in [7, 11) is 1.81. The Morgan fingerprint density at radius 3 is 2.59 bits per heavy atom. The summed E-state index contributed by atoms with van der Waals surface area (Å²) in [5.41, 5.74) is 0.345. The summed E-state index contributed by atoms with van der Waals surface area (Å²) in [6.45, 7) is 5.73. The third kappa shape index (κ3) is 3.39. The van der Waals surface area contributed by atoms with Crippen LogP contribution in [0.4, 0.5) is 0 Å². The maximum atomic E-state index is 13.1. The van der Waals surface area contributed by atoms with Gasteiger partial charge in [-0.1, -0.05) is 5.92 Å². The van der Waals surface area contributed by atoms with E-state index in [0.29, 0.717) is 43.7 Å². The summed E-state index contributed by atoms with van der Waals surface area (Å²) in [6.07, 6.45) is 4.72. The highest BCUT2D eigenvalue weighted by Crippen LogP contribution is 2.49. The number of aryl methyl sites for hydroxylation is 2. The zero-order chi connectivity index (χ0) is 20.6. The summed E-state index contributed by atoms with van der Waals surface area (Å²) in [5, 5.41) is 8.25. The molecule has 2 aliphatic heterocycles. The number of likely N-dealkylation sites (tertiary alicyclic amines) is 2. The van der Waals surface area contributed by atoms with E-state index in [-0.39, 0.29) is 23.1 Å². The normalized spacial score (nSPS) is 20.6. The monoisotopic (exact) mass is 396 g/mol. The van der Waals surface area contributed by atoms with Crippen LogP contribution in [0.3, 0.4) is 0 Å². The quantitative estimate of drug-likeness (QED) is 0.702. The minimum absolute atomic E-state index is 0.0570. The molecule has 1 unspecified atom stereocenters. The Morgan fingerprint density at radius 1 is 1.24 bits per heavy atom. The molecule has 4 heterocycles. The van der Waals surface area contributed by atoms with Crippen molar-refractivity contribution in [3.05, 3.63) is 30.0 Å². The van der Waals surface area contributed by atoms with Gasteiger partial charge in [0.05, 0.1) is 18.4 Å². The van der Waals surface area contributed by atoms with Crippen molar-refractivity contribution in [3.8, 4) is 11.8 Å². The average molecular weight is 396 g/mol. The maximum absolute atomic E-state index is 13.1. The number of nitrogens with zero attached hydrogens (tertiary/aromatic N) is 6. The number of hydrogen-bond acceptors (Lipinski definition) is 6. The molecule has 0 aliphatic carbocycles. The molecule has 2 aromatic heterocycles. The van der Waals surface area contributed by atoms with Gasteiger partial charge in [0, 0.05) is 45.6 Å². The van der Waals surface area contributed by atoms with Gasteiger partial charge in [-0.05, 0) is 25.7 Å². The van der Waals surface area contributed by atoms with Crippen molar-refractivity contribution < 1.29 is 14.0 Å². The van der Waals surface area contributed by atoms with E-state index in [1.165, 1.54) is 0 Å². The fraction of sp³-hybridized carbons (Fsp3) is 0.550. The molecule has 9 heteroatoms. The van der Waals surface area contributed by atoms with Gasteiger partial charge in [0.2, 0.25) is 11.8 Å². The van der Waals surface area contributed by atoms with E-state index in [4.69, 9.17) is 4.42 Å². The SMILES string of the molecule is CC#CC(=O)N1CCC2(CC1)CN(C(=O)c1cncn1C)CC2c1nnc(C)o1. The average Bonchev–Trinajstić information content (AvgIpc) is 3.41. The predicted octanol–water partition coefficient (Wildman–Crippen LogP) is 0.983. The molecule has 0 N–H and O–H groups in total. The third-order valence-corrected chi connectivity index (χ3v) is 6.09. The number of piperidine rings is 1. The first-order valence-corrected chi connectivity index (χ1v) is 9.71. The van der Waals surface area contributed by atoms with Crippen LogP contribution < -0.4 is 0 Å². The zero-order valence-corrected chi connectivity index (χ0v) is 16.9. The van der Waals surface area contributed by atoms with Crippen molar-refractivity contribution in [3.63, 3.8) is 0 Å². The van der Waals surface area contributed by atoms with Crippen LogP contribution >= 0.6 is 0 Å². The molecule has 1 spiro atoms. The number of imidazole rings is 1. The van der Waals surface area contributed by atoms with Crippen LogP contribution in [0, 0.1) is 24.2 Å². The summed E-state index contributed by atoms with van der Waals surface area (Å²) in [5.74, 6) is 6.10. The topological polar surface area (TPSA) is 97.4 Å². The van der Waals surface area contributed by atoms with Crippen LogP contribution in [-0.4, -0.2) is 67.5 Å². The van der Waals surface area contributed by atoms with Crippen molar-refractivity contribution in [1.29, 1.82) is 0 Å². The van der Waals surface area contributed by atoms with E-state index in [0.717, 1.165) is 12.8 Å². The van der Waals surface area contributed by atoms with E-state index in [1.807, 2.05) is 11.9 Å². The molecule has 29 heavy (non-hydrogen) atoms. The van der Waals surface area contributed by atoms with Crippen LogP contribution in [0.2, 0.25) is 0 Å². The van der Waals surface area contributed by atoms with Crippen LogP contribution in [-0.2, 0) is 11.8 Å². The Hall–Kier alpha value is -3.15. The lowest BCUT2D eigenvalue weighted by Gasteiger charge is -2.40. The molecule has 152 valence electrons. The van der Waals surface area contributed by atoms with Crippen molar-refractivity contribution in [2.24, 2.45) is 12.5 Å². The Bertz CT molecular complexity index is 989. The lowest BCUT2D eigenvalue weighted by molar-refractivity contribution is -0.127. The highest BCUT2D eigenvalue weighted by Gasteiger charge is 2.52. The number of carbonyl (C=O) groups is 2. The van der Waals surface area contributed by atoms with E-state index in [2.05, 4.69) is 27.0 Å². The molecule has 9 nitrogen and oxygen atoms in total. The van der Waals surface area contributed by atoms with E-state index >= 15 is 0 Å². The minimum Gasteiger partial charge on any atom is -0.425 e. The molecular weight excluding hydrogens is 372 g/mol. The molecular formula is C20H24N6O3. The standard InChI is InChI=1S/C20H24N6O3/c1-4-5-17(27)25-8-6-20(7-9-25)12-26(19(28)16-10-21-13-24(16)3)11-15(20)18-23-22-14(2)29-18/h10,13,15H,6-9,11-12H2,1-3H3. The minimum atomic E-state index is -0.205. The smallest absolute Gasteiger partial charge is 0.298 e. The van der Waals surface area contributed by atoms with Crippen LogP contribution in [0.25, 0.3) is 0 Å². The Morgan fingerprint density at radius 2 is 2.00 bits per heavy atom. The molecule has 0 aromatic carbocycles. The largest absolute Gasteiger partial charge is 0.425 e. The number of hydrogen-bond donors (Lipinski definition) is 0. The lowest BCUT2D eigenvalue weighted by Crippen LogP contribution is -2.46. The summed E-state index contributed by atoms with van der Waals surface area (Å²) < 4.78 is 7.50. The molecule has 2 aromatic rings. The fourth-order valence-corrected chi connectivity index (χ4v) is 4.49. The van der Waals surface area contributed by atoms with E-state index in [1.54, 1.807) is 35.8 Å². The van der Waals surface area contributed by atoms with Crippen molar-refractivity contribution in [2.45, 2.75) is 32.6 Å². The van der Waals surface area contributed by atoms with Gasteiger partial charge < -0.3 is 18.8 Å². The molecule has 2 amide bonds. The Balaban J connectivity index is 1.60. The molecule has 2 fully saturated rings. The van der Waals surface area contributed by atoms with Crippen molar-refractivity contribution >= 4 is 11.8 Å². The van der Waals surface area contributed by atoms with Gasteiger partial charge in [0.25, 0.3) is 11.8 Å². The van der Waals surface area contributed by atoms with E-state index in [9.17, 15) is 9.59 Å². The maximum Gasteiger partial charge on any atom is 0.298 e. The van der Waals surface area contributed by atoms with Crippen molar-refractivity contribution in [2.75, 3.05) is 26.2 Å². The van der Waals surface area contributed by atoms with Gasteiger partial charge in [-0.25, -0.2) is 4.98 Å². The number of amides is 2.